The van der Waals surface area contributed by atoms with Gasteiger partial charge in [0.25, 0.3) is 5.91 Å². The fourth-order valence-electron chi connectivity index (χ4n) is 2.22. The van der Waals surface area contributed by atoms with E-state index in [1.54, 1.807) is 11.9 Å². The Labute approximate surface area is 114 Å². The highest BCUT2D eigenvalue weighted by molar-refractivity contribution is 5.83. The molecule has 0 bridgehead atoms. The zero-order chi connectivity index (χ0) is 13.8. The highest BCUT2D eigenvalue weighted by Crippen LogP contribution is 2.19. The van der Waals surface area contributed by atoms with Crippen molar-refractivity contribution < 1.29 is 9.53 Å². The molecule has 1 aromatic carbocycles. The third-order valence-corrected chi connectivity index (χ3v) is 3.60. The van der Waals surface area contributed by atoms with Crippen molar-refractivity contribution in [3.05, 3.63) is 29.8 Å². The molecule has 2 atom stereocenters. The molecule has 0 aliphatic carbocycles. The molecule has 4 nitrogen and oxygen atoms in total. The van der Waals surface area contributed by atoms with E-state index in [1.807, 2.05) is 24.3 Å². The number of rotatable bonds is 5. The van der Waals surface area contributed by atoms with Crippen molar-refractivity contribution in [3.63, 3.8) is 0 Å². The molecule has 4 heteroatoms. The maximum absolute atomic E-state index is 11.7. The second-order valence-corrected chi connectivity index (χ2v) is 5.17. The smallest absolute Gasteiger partial charge is 0.263 e. The van der Waals surface area contributed by atoms with Crippen LogP contribution in [-0.2, 0) is 11.2 Å². The lowest BCUT2D eigenvalue weighted by Crippen LogP contribution is -2.29. The predicted molar refractivity (Wildman–Crippen MR) is 75.1 cm³/mol. The molecule has 19 heavy (non-hydrogen) atoms. The Morgan fingerprint density at radius 1 is 1.42 bits per heavy atom. The Balaban J connectivity index is 1.93. The lowest BCUT2D eigenvalue weighted by molar-refractivity contribution is -0.132. The number of amides is 1. The summed E-state index contributed by atoms with van der Waals surface area (Å²) in [5.74, 6) is 0.819. The van der Waals surface area contributed by atoms with Gasteiger partial charge in [0.1, 0.15) is 5.75 Å². The first kappa shape index (κ1) is 13.9. The Bertz CT molecular complexity index is 430. The minimum atomic E-state index is -0.325. The van der Waals surface area contributed by atoms with Gasteiger partial charge in [-0.05, 0) is 30.5 Å². The van der Waals surface area contributed by atoms with E-state index in [4.69, 9.17) is 10.5 Å². The number of carbonyl (C=O) groups excluding carboxylic acids is 1. The summed E-state index contributed by atoms with van der Waals surface area (Å²) < 4.78 is 5.72. The van der Waals surface area contributed by atoms with E-state index in [2.05, 4.69) is 6.92 Å². The second kappa shape index (κ2) is 6.06. The summed E-state index contributed by atoms with van der Waals surface area (Å²) in [5, 5.41) is 0. The maximum atomic E-state index is 11.7. The number of hydrogen-bond acceptors (Lipinski definition) is 3. The largest absolute Gasteiger partial charge is 0.481 e. The average Bonchev–Trinajstić information content (AvgIpc) is 2.73. The quantitative estimate of drug-likeness (QED) is 0.876. The topological polar surface area (TPSA) is 55.6 Å². The number of carbonyl (C=O) groups is 1. The minimum absolute atomic E-state index is 0.0667. The second-order valence-electron chi connectivity index (χ2n) is 5.17. The fraction of sp³-hybridized carbons (Fsp3) is 0.533. The standard InChI is InChI=1S/C15H22N2O2/c1-3-12(16)10-11-4-6-13(7-5-11)19-14-8-9-17(2)15(14)18/h4-7,12,14H,3,8-10,16H2,1-2H3. The van der Waals surface area contributed by atoms with E-state index >= 15 is 0 Å². The van der Waals surface area contributed by atoms with Gasteiger partial charge in [0.05, 0.1) is 0 Å². The van der Waals surface area contributed by atoms with Crippen LogP contribution in [0.3, 0.4) is 0 Å². The van der Waals surface area contributed by atoms with Crippen molar-refractivity contribution in [1.29, 1.82) is 0 Å². The molecular formula is C15H22N2O2. The summed E-state index contributed by atoms with van der Waals surface area (Å²) in [6.07, 6.45) is 2.29. The van der Waals surface area contributed by atoms with Crippen LogP contribution >= 0.6 is 0 Å². The molecule has 2 unspecified atom stereocenters. The Hall–Kier alpha value is -1.55. The van der Waals surface area contributed by atoms with Crippen LogP contribution in [0, 0.1) is 0 Å². The van der Waals surface area contributed by atoms with Crippen LogP contribution in [0.4, 0.5) is 0 Å². The number of nitrogens with two attached hydrogens (primary N) is 1. The number of nitrogens with zero attached hydrogens (tertiary/aromatic N) is 1. The molecule has 1 saturated heterocycles. The van der Waals surface area contributed by atoms with Crippen molar-refractivity contribution in [2.75, 3.05) is 13.6 Å². The van der Waals surface area contributed by atoms with Gasteiger partial charge in [-0.3, -0.25) is 4.79 Å². The number of likely N-dealkylation sites (tertiary alicyclic amines) is 1. The molecule has 2 N–H and O–H groups in total. The SMILES string of the molecule is CCC(N)Cc1ccc(OC2CCN(C)C2=O)cc1. The van der Waals surface area contributed by atoms with Gasteiger partial charge in [-0.2, -0.15) is 0 Å². The maximum Gasteiger partial charge on any atom is 0.263 e. The van der Waals surface area contributed by atoms with Crippen LogP contribution < -0.4 is 10.5 Å². The number of likely N-dealkylation sites (N-methyl/N-ethyl adjacent to an activating group) is 1. The van der Waals surface area contributed by atoms with Gasteiger partial charge in [0.15, 0.2) is 6.10 Å². The first-order valence-electron chi connectivity index (χ1n) is 6.86. The summed E-state index contributed by atoms with van der Waals surface area (Å²) in [6, 6.07) is 8.09. The lowest BCUT2D eigenvalue weighted by Gasteiger charge is -2.14. The van der Waals surface area contributed by atoms with E-state index in [1.165, 1.54) is 5.56 Å². The van der Waals surface area contributed by atoms with Gasteiger partial charge in [0, 0.05) is 26.1 Å². The third kappa shape index (κ3) is 3.47. The minimum Gasteiger partial charge on any atom is -0.481 e. The normalized spacial score (nSPS) is 20.7. The first-order valence-corrected chi connectivity index (χ1v) is 6.86. The summed E-state index contributed by atoms with van der Waals surface area (Å²) in [4.78, 5) is 13.5. The van der Waals surface area contributed by atoms with E-state index in [-0.39, 0.29) is 18.1 Å². The van der Waals surface area contributed by atoms with E-state index in [9.17, 15) is 4.79 Å². The summed E-state index contributed by atoms with van der Waals surface area (Å²) in [5.41, 5.74) is 7.13. The fourth-order valence-corrected chi connectivity index (χ4v) is 2.22. The van der Waals surface area contributed by atoms with E-state index in [0.717, 1.165) is 31.6 Å². The summed E-state index contributed by atoms with van der Waals surface area (Å²) >= 11 is 0. The summed E-state index contributed by atoms with van der Waals surface area (Å²) in [7, 11) is 1.81. The van der Waals surface area contributed by atoms with Gasteiger partial charge in [-0.25, -0.2) is 0 Å². The molecule has 0 radical (unpaired) electrons. The summed E-state index contributed by atoms with van der Waals surface area (Å²) in [6.45, 7) is 2.86. The zero-order valence-electron chi connectivity index (χ0n) is 11.6. The van der Waals surface area contributed by atoms with Crippen molar-refractivity contribution >= 4 is 5.91 Å². The van der Waals surface area contributed by atoms with Gasteiger partial charge in [-0.15, -0.1) is 0 Å². The van der Waals surface area contributed by atoms with Crippen LogP contribution in [0.15, 0.2) is 24.3 Å². The predicted octanol–water partition coefficient (Wildman–Crippen LogP) is 1.58. The van der Waals surface area contributed by atoms with Crippen LogP contribution in [0.5, 0.6) is 5.75 Å². The Kier molecular flexibility index (Phi) is 4.43. The monoisotopic (exact) mass is 262 g/mol. The van der Waals surface area contributed by atoms with Crippen LogP contribution in [-0.4, -0.2) is 36.5 Å². The molecule has 2 rings (SSSR count). The molecule has 104 valence electrons. The molecular weight excluding hydrogens is 240 g/mol. The first-order chi connectivity index (χ1) is 9.10. The molecule has 1 amide bonds. The molecule has 1 fully saturated rings. The molecule has 0 aromatic heterocycles. The van der Waals surface area contributed by atoms with Gasteiger partial charge in [0.2, 0.25) is 0 Å². The molecule has 0 saturated carbocycles. The lowest BCUT2D eigenvalue weighted by atomic mass is 10.0. The highest BCUT2D eigenvalue weighted by atomic mass is 16.5. The van der Waals surface area contributed by atoms with Gasteiger partial charge >= 0.3 is 0 Å². The van der Waals surface area contributed by atoms with Gasteiger partial charge < -0.3 is 15.4 Å². The van der Waals surface area contributed by atoms with Crippen molar-refractivity contribution in [2.24, 2.45) is 5.73 Å². The Morgan fingerprint density at radius 2 is 2.11 bits per heavy atom. The number of ether oxygens (including phenoxy) is 1. The number of hydrogen-bond donors (Lipinski definition) is 1. The van der Waals surface area contributed by atoms with Crippen molar-refractivity contribution in [3.8, 4) is 5.75 Å². The molecule has 1 aromatic rings. The van der Waals surface area contributed by atoms with Crippen molar-refractivity contribution in [1.82, 2.24) is 4.90 Å². The molecule has 1 aliphatic rings. The highest BCUT2D eigenvalue weighted by Gasteiger charge is 2.30. The average molecular weight is 262 g/mol. The van der Waals surface area contributed by atoms with Crippen molar-refractivity contribution in [2.45, 2.75) is 38.3 Å². The van der Waals surface area contributed by atoms with Gasteiger partial charge in [-0.1, -0.05) is 19.1 Å². The molecule has 1 heterocycles. The number of benzene rings is 1. The zero-order valence-corrected chi connectivity index (χ0v) is 11.6. The third-order valence-electron chi connectivity index (χ3n) is 3.60. The van der Waals surface area contributed by atoms with Crippen LogP contribution in [0.25, 0.3) is 0 Å². The molecule has 1 aliphatic heterocycles. The van der Waals surface area contributed by atoms with Crippen LogP contribution in [0.1, 0.15) is 25.3 Å². The van der Waals surface area contributed by atoms with E-state index < -0.39 is 0 Å². The van der Waals surface area contributed by atoms with E-state index in [0.29, 0.717) is 0 Å². The van der Waals surface area contributed by atoms with Crippen LogP contribution in [0.2, 0.25) is 0 Å². The molecule has 0 spiro atoms. The Morgan fingerprint density at radius 3 is 2.63 bits per heavy atom.